The number of nitrogens with one attached hydrogen (secondary N) is 1. The predicted molar refractivity (Wildman–Crippen MR) is 76.2 cm³/mol. The Morgan fingerprint density at radius 2 is 2.30 bits per heavy atom. The number of aromatic amines is 1. The van der Waals surface area contributed by atoms with Crippen LogP contribution in [0, 0.1) is 0 Å². The van der Waals surface area contributed by atoms with Gasteiger partial charge in [-0.05, 0) is 24.6 Å². The molecule has 104 valence electrons. The lowest BCUT2D eigenvalue weighted by Crippen LogP contribution is -2.11. The van der Waals surface area contributed by atoms with E-state index in [0.29, 0.717) is 17.9 Å². The molecular formula is C14H15N3O3. The lowest BCUT2D eigenvalue weighted by Gasteiger charge is -2.11. The summed E-state index contributed by atoms with van der Waals surface area (Å²) < 4.78 is 10.7. The highest BCUT2D eigenvalue weighted by atomic mass is 16.5. The van der Waals surface area contributed by atoms with Crippen LogP contribution in [0.15, 0.2) is 42.0 Å². The summed E-state index contributed by atoms with van der Waals surface area (Å²) in [7, 11) is 1.38. The van der Waals surface area contributed by atoms with Gasteiger partial charge in [0.05, 0.1) is 13.4 Å². The number of nitrogens with zero attached hydrogens (tertiary/aromatic N) is 1. The van der Waals surface area contributed by atoms with Gasteiger partial charge in [0.15, 0.2) is 0 Å². The second-order valence-electron chi connectivity index (χ2n) is 4.03. The Morgan fingerprint density at radius 3 is 3.00 bits per heavy atom. The fraction of sp³-hybridized carbons (Fsp3) is 0.143. The number of allylic oxidation sites excluding steroid dienone is 1. The van der Waals surface area contributed by atoms with Crippen molar-refractivity contribution in [1.29, 1.82) is 0 Å². The number of hydrogen-bond acceptors (Lipinski definition) is 5. The number of H-pyrrole nitrogens is 1. The third-order valence-electron chi connectivity index (χ3n) is 2.64. The third-order valence-corrected chi connectivity index (χ3v) is 2.64. The lowest BCUT2D eigenvalue weighted by atomic mass is 10.1. The van der Waals surface area contributed by atoms with Gasteiger partial charge >= 0.3 is 0 Å². The molecule has 1 heterocycles. The zero-order valence-corrected chi connectivity index (χ0v) is 11.1. The van der Waals surface area contributed by atoms with Crippen LogP contribution in [0.2, 0.25) is 0 Å². The Balaban J connectivity index is 2.42. The number of methoxy groups -OCH3 is 1. The highest BCUT2D eigenvalue weighted by Gasteiger charge is 2.13. The van der Waals surface area contributed by atoms with Crippen LogP contribution in [-0.2, 0) is 6.42 Å². The molecule has 2 rings (SSSR count). The standard InChI is InChI=1S/C14H15N3O3/c1-3-4-9-7-10(15)5-6-11(9)20-14-12(19-2)13(18)16-8-17-14/h3,5-8H,1,4,15H2,2H3,(H,16,17,18). The van der Waals surface area contributed by atoms with Crippen LogP contribution in [0.3, 0.4) is 0 Å². The zero-order chi connectivity index (χ0) is 14.5. The van der Waals surface area contributed by atoms with E-state index >= 15 is 0 Å². The molecule has 0 bridgehead atoms. The molecule has 1 aromatic heterocycles. The van der Waals surface area contributed by atoms with E-state index in [9.17, 15) is 4.79 Å². The normalized spacial score (nSPS) is 10.1. The Hall–Kier alpha value is -2.76. The third kappa shape index (κ3) is 2.80. The molecule has 20 heavy (non-hydrogen) atoms. The van der Waals surface area contributed by atoms with Crippen molar-refractivity contribution in [3.8, 4) is 17.4 Å². The van der Waals surface area contributed by atoms with E-state index in [-0.39, 0.29) is 11.6 Å². The van der Waals surface area contributed by atoms with Crippen molar-refractivity contribution in [2.45, 2.75) is 6.42 Å². The average molecular weight is 273 g/mol. The Labute approximate surface area is 115 Å². The molecule has 0 aliphatic heterocycles. The highest BCUT2D eigenvalue weighted by Crippen LogP contribution is 2.29. The summed E-state index contributed by atoms with van der Waals surface area (Å²) in [4.78, 5) is 18.0. The second-order valence-corrected chi connectivity index (χ2v) is 4.03. The maximum Gasteiger partial charge on any atom is 0.297 e. The van der Waals surface area contributed by atoms with Gasteiger partial charge < -0.3 is 20.2 Å². The molecule has 2 aromatic rings. The van der Waals surface area contributed by atoms with Crippen LogP contribution in [0.1, 0.15) is 5.56 Å². The first kappa shape index (κ1) is 13.7. The van der Waals surface area contributed by atoms with Gasteiger partial charge in [0.25, 0.3) is 11.4 Å². The van der Waals surface area contributed by atoms with Gasteiger partial charge in [0.2, 0.25) is 5.75 Å². The van der Waals surface area contributed by atoms with Crippen LogP contribution < -0.4 is 20.8 Å². The molecule has 0 saturated carbocycles. The first-order valence-corrected chi connectivity index (χ1v) is 5.94. The molecule has 6 heteroatoms. The first-order chi connectivity index (χ1) is 9.65. The Morgan fingerprint density at radius 1 is 1.50 bits per heavy atom. The van der Waals surface area contributed by atoms with Gasteiger partial charge in [-0.3, -0.25) is 4.79 Å². The lowest BCUT2D eigenvalue weighted by molar-refractivity contribution is 0.362. The summed E-state index contributed by atoms with van der Waals surface area (Å²) in [5.74, 6) is 0.677. The number of aromatic nitrogens is 2. The largest absolute Gasteiger partial charge is 0.487 e. The smallest absolute Gasteiger partial charge is 0.297 e. The molecule has 3 N–H and O–H groups in total. The quantitative estimate of drug-likeness (QED) is 0.641. The van der Waals surface area contributed by atoms with E-state index < -0.39 is 5.56 Å². The molecule has 0 saturated heterocycles. The van der Waals surface area contributed by atoms with Crippen molar-refractivity contribution < 1.29 is 9.47 Å². The summed E-state index contributed by atoms with van der Waals surface area (Å²) in [5, 5.41) is 0. The molecular weight excluding hydrogens is 258 g/mol. The molecule has 0 unspecified atom stereocenters. The van der Waals surface area contributed by atoms with E-state index in [1.165, 1.54) is 13.4 Å². The van der Waals surface area contributed by atoms with Gasteiger partial charge in [-0.15, -0.1) is 6.58 Å². The van der Waals surface area contributed by atoms with E-state index in [4.69, 9.17) is 15.2 Å². The van der Waals surface area contributed by atoms with Crippen molar-refractivity contribution in [2.24, 2.45) is 0 Å². The topological polar surface area (TPSA) is 90.2 Å². The van der Waals surface area contributed by atoms with Crippen LogP contribution in [-0.4, -0.2) is 17.1 Å². The Kier molecular flexibility index (Phi) is 4.05. The maximum atomic E-state index is 11.6. The van der Waals surface area contributed by atoms with E-state index in [2.05, 4.69) is 16.5 Å². The van der Waals surface area contributed by atoms with Crippen LogP contribution in [0.25, 0.3) is 0 Å². The summed E-state index contributed by atoms with van der Waals surface area (Å²) in [5.41, 5.74) is 6.82. The molecule has 0 aliphatic rings. The number of hydrogen-bond donors (Lipinski definition) is 2. The average Bonchev–Trinajstić information content (AvgIpc) is 2.42. The number of rotatable bonds is 5. The fourth-order valence-corrected chi connectivity index (χ4v) is 1.74. The number of benzene rings is 1. The molecule has 0 amide bonds. The minimum Gasteiger partial charge on any atom is -0.487 e. The fourth-order valence-electron chi connectivity index (χ4n) is 1.74. The highest BCUT2D eigenvalue weighted by molar-refractivity contribution is 5.50. The van der Waals surface area contributed by atoms with E-state index in [1.54, 1.807) is 24.3 Å². The van der Waals surface area contributed by atoms with Crippen molar-refractivity contribution >= 4 is 5.69 Å². The summed E-state index contributed by atoms with van der Waals surface area (Å²) >= 11 is 0. The minimum absolute atomic E-state index is 0.0221. The van der Waals surface area contributed by atoms with Crippen LogP contribution in [0.4, 0.5) is 5.69 Å². The Bertz CT molecular complexity index is 680. The minimum atomic E-state index is -0.404. The van der Waals surface area contributed by atoms with Gasteiger partial charge in [-0.2, -0.15) is 0 Å². The van der Waals surface area contributed by atoms with Gasteiger partial charge in [-0.25, -0.2) is 4.98 Å². The van der Waals surface area contributed by atoms with Gasteiger partial charge in [0, 0.05) is 11.3 Å². The molecule has 0 aliphatic carbocycles. The van der Waals surface area contributed by atoms with Gasteiger partial charge in [-0.1, -0.05) is 6.08 Å². The van der Waals surface area contributed by atoms with Crippen molar-refractivity contribution in [3.63, 3.8) is 0 Å². The van der Waals surface area contributed by atoms with Crippen molar-refractivity contribution in [1.82, 2.24) is 9.97 Å². The number of ether oxygens (including phenoxy) is 2. The number of nitrogens with two attached hydrogens (primary N) is 1. The molecule has 0 fully saturated rings. The SMILES string of the molecule is C=CCc1cc(N)ccc1Oc1nc[nH]c(=O)c1OC. The monoisotopic (exact) mass is 273 g/mol. The molecule has 0 spiro atoms. The zero-order valence-electron chi connectivity index (χ0n) is 11.1. The first-order valence-electron chi connectivity index (χ1n) is 5.94. The molecule has 6 nitrogen and oxygen atoms in total. The van der Waals surface area contributed by atoms with Gasteiger partial charge in [0.1, 0.15) is 5.75 Å². The molecule has 0 atom stereocenters. The van der Waals surface area contributed by atoms with Crippen LogP contribution >= 0.6 is 0 Å². The van der Waals surface area contributed by atoms with Crippen molar-refractivity contribution in [3.05, 3.63) is 53.1 Å². The second kappa shape index (κ2) is 5.92. The van der Waals surface area contributed by atoms with E-state index in [0.717, 1.165) is 5.56 Å². The van der Waals surface area contributed by atoms with Crippen LogP contribution in [0.5, 0.6) is 17.4 Å². The maximum absolute atomic E-state index is 11.6. The molecule has 0 radical (unpaired) electrons. The summed E-state index contributed by atoms with van der Waals surface area (Å²) in [6, 6.07) is 5.22. The van der Waals surface area contributed by atoms with Crippen molar-refractivity contribution in [2.75, 3.05) is 12.8 Å². The molecule has 1 aromatic carbocycles. The summed E-state index contributed by atoms with van der Waals surface area (Å²) in [6.45, 7) is 3.69. The number of nitrogen functional groups attached to an aromatic ring is 1. The predicted octanol–water partition coefficient (Wildman–Crippen LogP) is 1.88. The number of anilines is 1. The van der Waals surface area contributed by atoms with E-state index in [1.807, 2.05) is 0 Å². The summed E-state index contributed by atoms with van der Waals surface area (Å²) in [6.07, 6.45) is 3.58.